The average Bonchev–Trinajstić information content (AvgIpc) is 3.43. The Bertz CT molecular complexity index is 1280. The predicted molar refractivity (Wildman–Crippen MR) is 151 cm³/mol. The van der Waals surface area contributed by atoms with Gasteiger partial charge in [0, 0.05) is 35.5 Å². The minimum absolute atomic E-state index is 0.0254. The maximum atomic E-state index is 12.5. The third-order valence-corrected chi connectivity index (χ3v) is 7.12. The van der Waals surface area contributed by atoms with Crippen LogP contribution in [0.4, 0.5) is 11.4 Å². The molecule has 0 aliphatic heterocycles. The first-order chi connectivity index (χ1) is 17.6. The first-order valence-corrected chi connectivity index (χ1v) is 13.4. The predicted octanol–water partition coefficient (Wildman–Crippen LogP) is 7.76. The highest BCUT2D eigenvalue weighted by Crippen LogP contribution is 2.28. The Balaban J connectivity index is 1.14. The summed E-state index contributed by atoms with van der Waals surface area (Å²) in [6.45, 7) is 0. The highest BCUT2D eigenvalue weighted by molar-refractivity contribution is 7.13. The molecular weight excluding hydrogens is 464 g/mol. The van der Waals surface area contributed by atoms with E-state index in [9.17, 15) is 9.59 Å². The second-order valence-electron chi connectivity index (χ2n) is 9.02. The zero-order chi connectivity index (χ0) is 25.2. The molecule has 0 unspecified atom stereocenters. The Labute approximate surface area is 217 Å². The van der Waals surface area contributed by atoms with Crippen molar-refractivity contribution in [1.29, 1.82) is 0 Å². The second-order valence-corrected chi connectivity index (χ2v) is 9.96. The third kappa shape index (κ3) is 7.40. The largest absolute Gasteiger partial charge is 0.398 e. The zero-order valence-corrected chi connectivity index (χ0v) is 21.2. The highest BCUT2D eigenvalue weighted by Gasteiger charge is 2.10. The van der Waals surface area contributed by atoms with Gasteiger partial charge in [-0.2, -0.15) is 0 Å². The van der Waals surface area contributed by atoms with Gasteiger partial charge in [0.05, 0.1) is 0 Å². The topological polar surface area (TPSA) is 72.2 Å². The molecule has 5 heteroatoms. The number of nitrogens with one attached hydrogen (secondary N) is 1. The molecule has 4 nitrogen and oxygen atoms in total. The molecule has 0 atom stereocenters. The van der Waals surface area contributed by atoms with Crippen molar-refractivity contribution >= 4 is 34.4 Å². The summed E-state index contributed by atoms with van der Waals surface area (Å²) in [4.78, 5) is 26.1. The van der Waals surface area contributed by atoms with E-state index in [1.165, 1.54) is 4.88 Å². The van der Waals surface area contributed by atoms with Crippen LogP contribution in [0.25, 0.3) is 21.6 Å². The summed E-state index contributed by atoms with van der Waals surface area (Å²) in [5.41, 5.74) is 11.8. The van der Waals surface area contributed by atoms with Gasteiger partial charge >= 0.3 is 0 Å². The van der Waals surface area contributed by atoms with Crippen molar-refractivity contribution in [2.45, 2.75) is 44.9 Å². The number of carbonyl (C=O) groups is 2. The van der Waals surface area contributed by atoms with E-state index in [-0.39, 0.29) is 11.7 Å². The summed E-state index contributed by atoms with van der Waals surface area (Å²) in [6, 6.07) is 28.1. The van der Waals surface area contributed by atoms with Crippen LogP contribution in [-0.2, 0) is 16.0 Å². The van der Waals surface area contributed by atoms with E-state index in [1.807, 2.05) is 72.1 Å². The number of Topliss-reactive ketones (excluding diaryl/α,β-unsaturated/α-hetero) is 1. The molecule has 3 N–H and O–H groups in total. The van der Waals surface area contributed by atoms with Gasteiger partial charge in [-0.15, -0.1) is 11.3 Å². The molecule has 1 aromatic heterocycles. The van der Waals surface area contributed by atoms with E-state index < -0.39 is 0 Å². The quantitative estimate of drug-likeness (QED) is 0.155. The van der Waals surface area contributed by atoms with Crippen LogP contribution in [-0.4, -0.2) is 11.7 Å². The molecule has 0 radical (unpaired) electrons. The molecule has 0 fully saturated rings. The number of benzene rings is 3. The lowest BCUT2D eigenvalue weighted by Crippen LogP contribution is -2.11. The van der Waals surface area contributed by atoms with Crippen molar-refractivity contribution in [3.63, 3.8) is 0 Å². The van der Waals surface area contributed by atoms with Gasteiger partial charge in [0.2, 0.25) is 5.91 Å². The number of rotatable bonds is 12. The van der Waals surface area contributed by atoms with Crippen LogP contribution in [0, 0.1) is 0 Å². The fraction of sp³-hybridized carbons (Fsp3) is 0.226. The normalized spacial score (nSPS) is 10.8. The van der Waals surface area contributed by atoms with Gasteiger partial charge in [-0.05, 0) is 70.8 Å². The molecule has 0 aliphatic rings. The van der Waals surface area contributed by atoms with Crippen molar-refractivity contribution in [2.75, 3.05) is 11.1 Å². The summed E-state index contributed by atoms with van der Waals surface area (Å²) in [6.07, 6.45) is 4.92. The zero-order valence-electron chi connectivity index (χ0n) is 20.4. The van der Waals surface area contributed by atoms with Crippen molar-refractivity contribution in [3.05, 3.63) is 95.9 Å². The smallest absolute Gasteiger partial charge is 0.224 e. The number of unbranched alkanes of at least 4 members (excludes halogenated alkanes) is 3. The standard InChI is InChI=1S/C31H32N2O2S/c32-29-18-17-25(30-15-9-19-36-30)20-26(29)22-28(34)14-6-1-2-7-16-31(35)33-27-13-8-12-24(21-27)23-10-4-3-5-11-23/h3-5,8-13,15,17-21H,1-2,6-7,14,16,22,32H2,(H,33,35). The van der Waals surface area contributed by atoms with Crippen molar-refractivity contribution in [2.24, 2.45) is 0 Å². The maximum absolute atomic E-state index is 12.5. The molecule has 184 valence electrons. The second kappa shape index (κ2) is 12.8. The Morgan fingerprint density at radius 1 is 0.722 bits per heavy atom. The number of nitrogens with two attached hydrogens (primary N) is 1. The first-order valence-electron chi connectivity index (χ1n) is 12.5. The SMILES string of the molecule is Nc1ccc(-c2cccs2)cc1CC(=O)CCCCCCC(=O)Nc1cccc(-c2ccccc2)c1. The minimum atomic E-state index is 0.0254. The molecule has 0 saturated carbocycles. The maximum Gasteiger partial charge on any atom is 0.224 e. The Morgan fingerprint density at radius 2 is 1.50 bits per heavy atom. The van der Waals surface area contributed by atoms with Crippen LogP contribution >= 0.6 is 11.3 Å². The van der Waals surface area contributed by atoms with Gasteiger partial charge in [0.15, 0.2) is 0 Å². The number of hydrogen-bond acceptors (Lipinski definition) is 4. The molecule has 1 heterocycles. The van der Waals surface area contributed by atoms with Gasteiger partial charge in [0.25, 0.3) is 0 Å². The Hall–Kier alpha value is -3.70. The summed E-state index contributed by atoms with van der Waals surface area (Å²) in [5, 5.41) is 5.05. The monoisotopic (exact) mass is 496 g/mol. The number of amides is 1. The summed E-state index contributed by atoms with van der Waals surface area (Å²) in [7, 11) is 0. The number of thiophene rings is 1. The lowest BCUT2D eigenvalue weighted by molar-refractivity contribution is -0.118. The van der Waals surface area contributed by atoms with E-state index in [0.717, 1.165) is 53.6 Å². The molecule has 0 bridgehead atoms. The molecule has 4 aromatic rings. The molecule has 4 rings (SSSR count). The van der Waals surface area contributed by atoms with Gasteiger partial charge < -0.3 is 11.1 Å². The number of ketones is 1. The summed E-state index contributed by atoms with van der Waals surface area (Å²) >= 11 is 1.68. The lowest BCUT2D eigenvalue weighted by Gasteiger charge is -2.09. The third-order valence-electron chi connectivity index (χ3n) is 6.20. The number of nitrogen functional groups attached to an aromatic ring is 1. The molecular formula is C31H32N2O2S. The van der Waals surface area contributed by atoms with Gasteiger partial charge in [-0.25, -0.2) is 0 Å². The van der Waals surface area contributed by atoms with Gasteiger partial charge in [0.1, 0.15) is 5.78 Å². The molecule has 36 heavy (non-hydrogen) atoms. The van der Waals surface area contributed by atoms with E-state index in [2.05, 4.69) is 23.5 Å². The van der Waals surface area contributed by atoms with Crippen LogP contribution in [0.1, 0.15) is 44.1 Å². The molecule has 1 amide bonds. The van der Waals surface area contributed by atoms with Crippen LogP contribution in [0.15, 0.2) is 90.3 Å². The van der Waals surface area contributed by atoms with Gasteiger partial charge in [-0.3, -0.25) is 9.59 Å². The minimum Gasteiger partial charge on any atom is -0.398 e. The van der Waals surface area contributed by atoms with Crippen LogP contribution in [0.5, 0.6) is 0 Å². The Morgan fingerprint density at radius 3 is 2.28 bits per heavy atom. The van der Waals surface area contributed by atoms with E-state index in [4.69, 9.17) is 5.73 Å². The summed E-state index contributed by atoms with van der Waals surface area (Å²) in [5.74, 6) is 0.235. The molecule has 3 aromatic carbocycles. The summed E-state index contributed by atoms with van der Waals surface area (Å²) < 4.78 is 0. The number of hydrogen-bond donors (Lipinski definition) is 2. The number of carbonyl (C=O) groups excluding carboxylic acids is 2. The van der Waals surface area contributed by atoms with Crippen molar-refractivity contribution < 1.29 is 9.59 Å². The van der Waals surface area contributed by atoms with E-state index >= 15 is 0 Å². The Kier molecular flexibility index (Phi) is 9.06. The van der Waals surface area contributed by atoms with Crippen LogP contribution in [0.3, 0.4) is 0 Å². The lowest BCUT2D eigenvalue weighted by atomic mass is 10.00. The molecule has 0 spiro atoms. The van der Waals surface area contributed by atoms with E-state index in [0.29, 0.717) is 24.9 Å². The molecule has 0 aliphatic carbocycles. The fourth-order valence-electron chi connectivity index (χ4n) is 4.25. The van der Waals surface area contributed by atoms with E-state index in [1.54, 1.807) is 11.3 Å². The van der Waals surface area contributed by atoms with Crippen molar-refractivity contribution in [1.82, 2.24) is 0 Å². The molecule has 0 saturated heterocycles. The van der Waals surface area contributed by atoms with Crippen LogP contribution in [0.2, 0.25) is 0 Å². The van der Waals surface area contributed by atoms with Crippen molar-refractivity contribution in [3.8, 4) is 21.6 Å². The van der Waals surface area contributed by atoms with Gasteiger partial charge in [-0.1, -0.05) is 67.4 Å². The average molecular weight is 497 g/mol. The number of anilines is 2. The fourth-order valence-corrected chi connectivity index (χ4v) is 4.97. The highest BCUT2D eigenvalue weighted by atomic mass is 32.1. The van der Waals surface area contributed by atoms with Crippen LogP contribution < -0.4 is 11.1 Å². The first kappa shape index (κ1) is 25.4.